The van der Waals surface area contributed by atoms with E-state index in [1.807, 2.05) is 17.8 Å². The minimum absolute atomic E-state index is 0.292. The summed E-state index contributed by atoms with van der Waals surface area (Å²) in [6.07, 6.45) is 0.965. The second kappa shape index (κ2) is 7.31. The van der Waals surface area contributed by atoms with E-state index in [1.165, 1.54) is 9.77 Å². The summed E-state index contributed by atoms with van der Waals surface area (Å²) in [6, 6.07) is 12.8. The van der Waals surface area contributed by atoms with E-state index in [-0.39, 0.29) is 0 Å². The summed E-state index contributed by atoms with van der Waals surface area (Å²) in [4.78, 5) is 2.63. The zero-order chi connectivity index (χ0) is 12.8. The fourth-order valence-electron chi connectivity index (χ4n) is 1.58. The summed E-state index contributed by atoms with van der Waals surface area (Å²) in [7, 11) is 0. The van der Waals surface area contributed by atoms with Crippen LogP contribution in [-0.4, -0.2) is 11.8 Å². The van der Waals surface area contributed by atoms with Crippen LogP contribution in [0.2, 0.25) is 0 Å². The predicted octanol–water partition coefficient (Wildman–Crippen LogP) is 3.68. The number of hydrogen-bond donors (Lipinski definition) is 2. The van der Waals surface area contributed by atoms with Crippen LogP contribution in [0.5, 0.6) is 0 Å². The summed E-state index contributed by atoms with van der Waals surface area (Å²) in [5.74, 6) is 6.59. The molecule has 0 bridgehead atoms. The topological polar surface area (TPSA) is 38.0 Å². The van der Waals surface area contributed by atoms with Gasteiger partial charge in [-0.1, -0.05) is 18.2 Å². The highest BCUT2D eigenvalue weighted by Gasteiger charge is 2.10. The first-order valence-electron chi connectivity index (χ1n) is 5.65. The van der Waals surface area contributed by atoms with Gasteiger partial charge in [0.05, 0.1) is 0 Å². The van der Waals surface area contributed by atoms with Crippen molar-refractivity contribution in [3.05, 3.63) is 51.1 Å². The van der Waals surface area contributed by atoms with Crippen molar-refractivity contribution in [1.82, 2.24) is 5.43 Å². The lowest BCUT2D eigenvalue weighted by Crippen LogP contribution is -2.38. The summed E-state index contributed by atoms with van der Waals surface area (Å²) in [5.41, 5.74) is 2.90. The van der Waals surface area contributed by atoms with E-state index in [2.05, 4.69) is 57.1 Å². The maximum Gasteiger partial charge on any atom is 0.0352 e. The zero-order valence-corrected chi connectivity index (χ0v) is 13.0. The molecular formula is C13H15BrN2S2. The molecule has 96 valence electrons. The highest BCUT2D eigenvalue weighted by Crippen LogP contribution is 2.23. The Balaban J connectivity index is 1.86. The molecule has 1 atom stereocenters. The quantitative estimate of drug-likeness (QED) is 0.477. The molecule has 0 fully saturated rings. The third kappa shape index (κ3) is 4.40. The Morgan fingerprint density at radius 2 is 2.11 bits per heavy atom. The van der Waals surface area contributed by atoms with Crippen molar-refractivity contribution < 1.29 is 0 Å². The number of thiophene rings is 1. The standard InChI is InChI=1S/C13H15BrN2S2/c14-10-6-13(17-8-10)7-11(16-15)9-18-12-4-2-1-3-5-12/h1-6,8,11,16H,7,9,15H2. The molecule has 18 heavy (non-hydrogen) atoms. The van der Waals surface area contributed by atoms with Gasteiger partial charge in [0.2, 0.25) is 0 Å². The molecule has 0 aliphatic carbocycles. The maximum absolute atomic E-state index is 5.62. The van der Waals surface area contributed by atoms with E-state index in [9.17, 15) is 0 Å². The van der Waals surface area contributed by atoms with Crippen LogP contribution in [0.3, 0.4) is 0 Å². The summed E-state index contributed by atoms with van der Waals surface area (Å²) >= 11 is 7.07. The van der Waals surface area contributed by atoms with Crippen molar-refractivity contribution in [2.45, 2.75) is 17.4 Å². The molecular weight excluding hydrogens is 328 g/mol. The van der Waals surface area contributed by atoms with Crippen LogP contribution < -0.4 is 11.3 Å². The molecule has 2 rings (SSSR count). The van der Waals surface area contributed by atoms with Gasteiger partial charge in [0.25, 0.3) is 0 Å². The molecule has 2 nitrogen and oxygen atoms in total. The summed E-state index contributed by atoms with van der Waals surface area (Å²) in [5, 5.41) is 2.10. The molecule has 1 heterocycles. The molecule has 2 aromatic rings. The number of hydrogen-bond acceptors (Lipinski definition) is 4. The normalized spacial score (nSPS) is 12.6. The van der Waals surface area contributed by atoms with E-state index in [0.717, 1.165) is 16.6 Å². The molecule has 0 aliphatic heterocycles. The molecule has 0 spiro atoms. The molecule has 1 aromatic heterocycles. The molecule has 3 N–H and O–H groups in total. The summed E-state index contributed by atoms with van der Waals surface area (Å²) < 4.78 is 1.15. The number of nitrogens with two attached hydrogens (primary N) is 1. The number of halogens is 1. The van der Waals surface area contributed by atoms with Gasteiger partial charge in [-0.05, 0) is 40.5 Å². The van der Waals surface area contributed by atoms with Gasteiger partial charge >= 0.3 is 0 Å². The zero-order valence-electron chi connectivity index (χ0n) is 9.80. The Labute approximate surface area is 124 Å². The number of benzene rings is 1. The lowest BCUT2D eigenvalue weighted by Gasteiger charge is -2.14. The van der Waals surface area contributed by atoms with Crippen molar-refractivity contribution in [3.63, 3.8) is 0 Å². The molecule has 1 aromatic carbocycles. The van der Waals surface area contributed by atoms with Crippen molar-refractivity contribution in [2.24, 2.45) is 5.84 Å². The van der Waals surface area contributed by atoms with Gasteiger partial charge in [-0.25, -0.2) is 0 Å². The SMILES string of the molecule is NNC(CSc1ccccc1)Cc1cc(Br)cs1. The Bertz CT molecular complexity index is 473. The first-order chi connectivity index (χ1) is 8.78. The minimum Gasteiger partial charge on any atom is -0.271 e. The van der Waals surface area contributed by atoms with Gasteiger partial charge in [0.1, 0.15) is 0 Å². The monoisotopic (exact) mass is 342 g/mol. The maximum atomic E-state index is 5.62. The van der Waals surface area contributed by atoms with E-state index >= 15 is 0 Å². The van der Waals surface area contributed by atoms with E-state index in [0.29, 0.717) is 6.04 Å². The van der Waals surface area contributed by atoms with Gasteiger partial charge in [-0.15, -0.1) is 23.1 Å². The molecule has 0 saturated heterocycles. The Hall–Kier alpha value is -0.330. The second-order valence-electron chi connectivity index (χ2n) is 3.92. The van der Waals surface area contributed by atoms with Crippen molar-refractivity contribution in [1.29, 1.82) is 0 Å². The van der Waals surface area contributed by atoms with Crippen molar-refractivity contribution >= 4 is 39.0 Å². The third-order valence-electron chi connectivity index (χ3n) is 2.50. The van der Waals surface area contributed by atoms with Crippen LogP contribution in [0, 0.1) is 0 Å². The highest BCUT2D eigenvalue weighted by molar-refractivity contribution is 9.10. The Morgan fingerprint density at radius 3 is 2.72 bits per heavy atom. The van der Waals surface area contributed by atoms with Crippen molar-refractivity contribution in [2.75, 3.05) is 5.75 Å². The molecule has 0 amide bonds. The molecule has 0 saturated carbocycles. The number of rotatable bonds is 6. The van der Waals surface area contributed by atoms with Gasteiger partial charge in [-0.2, -0.15) is 0 Å². The average Bonchev–Trinajstić information content (AvgIpc) is 2.81. The van der Waals surface area contributed by atoms with Gasteiger partial charge in [-0.3, -0.25) is 11.3 Å². The van der Waals surface area contributed by atoms with E-state index < -0.39 is 0 Å². The minimum atomic E-state index is 0.292. The first kappa shape index (κ1) is 14.1. The van der Waals surface area contributed by atoms with Crippen LogP contribution in [0.4, 0.5) is 0 Å². The van der Waals surface area contributed by atoms with Crippen LogP contribution in [0.1, 0.15) is 4.88 Å². The van der Waals surface area contributed by atoms with Gasteiger partial charge < -0.3 is 0 Å². The van der Waals surface area contributed by atoms with Crippen LogP contribution >= 0.6 is 39.0 Å². The largest absolute Gasteiger partial charge is 0.271 e. The average molecular weight is 343 g/mol. The fraction of sp³-hybridized carbons (Fsp3) is 0.231. The van der Waals surface area contributed by atoms with E-state index in [1.54, 1.807) is 11.3 Å². The lowest BCUT2D eigenvalue weighted by molar-refractivity contribution is 0.579. The van der Waals surface area contributed by atoms with Crippen LogP contribution in [0.15, 0.2) is 51.1 Å². The van der Waals surface area contributed by atoms with Crippen molar-refractivity contribution in [3.8, 4) is 0 Å². The third-order valence-corrected chi connectivity index (χ3v) is 5.39. The fourth-order valence-corrected chi connectivity index (χ4v) is 4.07. The molecule has 0 aliphatic rings. The number of hydrazine groups is 1. The lowest BCUT2D eigenvalue weighted by atomic mass is 10.2. The van der Waals surface area contributed by atoms with Gasteiger partial charge in [0.15, 0.2) is 0 Å². The molecule has 5 heteroatoms. The van der Waals surface area contributed by atoms with Crippen LogP contribution in [-0.2, 0) is 6.42 Å². The Morgan fingerprint density at radius 1 is 1.33 bits per heavy atom. The number of thioether (sulfide) groups is 1. The molecule has 0 radical (unpaired) electrons. The Kier molecular flexibility index (Phi) is 5.72. The molecule has 1 unspecified atom stereocenters. The smallest absolute Gasteiger partial charge is 0.0352 e. The predicted molar refractivity (Wildman–Crippen MR) is 84.0 cm³/mol. The van der Waals surface area contributed by atoms with E-state index in [4.69, 9.17) is 5.84 Å². The first-order valence-corrected chi connectivity index (χ1v) is 8.30. The summed E-state index contributed by atoms with van der Waals surface area (Å²) in [6.45, 7) is 0. The number of nitrogens with one attached hydrogen (secondary N) is 1. The second-order valence-corrected chi connectivity index (χ2v) is 6.93. The highest BCUT2D eigenvalue weighted by atomic mass is 79.9. The van der Waals surface area contributed by atoms with Crippen LogP contribution in [0.25, 0.3) is 0 Å². The van der Waals surface area contributed by atoms with Gasteiger partial charge in [0, 0.05) is 31.4 Å².